The summed E-state index contributed by atoms with van der Waals surface area (Å²) in [5, 5.41) is 0. The van der Waals surface area contributed by atoms with Crippen LogP contribution in [0.15, 0.2) is 18.2 Å². The van der Waals surface area contributed by atoms with Crippen LogP contribution in [0.3, 0.4) is 0 Å². The monoisotopic (exact) mass is 542 g/mol. The summed E-state index contributed by atoms with van der Waals surface area (Å²) < 4.78 is 237. The van der Waals surface area contributed by atoms with E-state index in [1.54, 1.807) is 0 Å². The standard InChI is InChI=1S/C16H8F18/c1-2-6-7(9(17,18)11(21,22)13(25,26)15(29,30)31)4-3-5-8(6)10(19,20)12(23,24)14(27,28)16(32,33)34/h3-5H,2H2,1H3. The molecule has 0 radical (unpaired) electrons. The molecule has 0 unspecified atom stereocenters. The molecule has 0 nitrogen and oxygen atoms in total. The van der Waals surface area contributed by atoms with Crippen molar-refractivity contribution in [2.75, 3.05) is 0 Å². The van der Waals surface area contributed by atoms with E-state index >= 15 is 0 Å². The first-order valence-electron chi connectivity index (χ1n) is 8.21. The Hall–Kier alpha value is -2.04. The number of alkyl halides is 18. The third kappa shape index (κ3) is 3.93. The van der Waals surface area contributed by atoms with E-state index in [-0.39, 0.29) is 6.07 Å². The van der Waals surface area contributed by atoms with Gasteiger partial charge in [0.15, 0.2) is 0 Å². The first-order chi connectivity index (χ1) is 14.7. The molecular weight excluding hydrogens is 534 g/mol. The SMILES string of the molecule is CCc1c(C(F)(F)C(F)(F)C(F)(F)C(F)(F)F)cccc1C(F)(F)C(F)(F)C(F)(F)C(F)(F)F. The Morgan fingerprint density at radius 1 is 0.471 bits per heavy atom. The van der Waals surface area contributed by atoms with Crippen LogP contribution in [0.5, 0.6) is 0 Å². The lowest BCUT2D eigenvalue weighted by molar-refractivity contribution is -0.400. The molecule has 0 aliphatic carbocycles. The Labute approximate surface area is 176 Å². The van der Waals surface area contributed by atoms with Gasteiger partial charge in [-0.3, -0.25) is 0 Å². The van der Waals surface area contributed by atoms with Crippen molar-refractivity contribution in [3.8, 4) is 0 Å². The van der Waals surface area contributed by atoms with E-state index < -0.39 is 83.1 Å². The summed E-state index contributed by atoms with van der Waals surface area (Å²) in [6.45, 7) is 0.384. The molecule has 0 aliphatic rings. The van der Waals surface area contributed by atoms with Crippen molar-refractivity contribution in [2.24, 2.45) is 0 Å². The third-order valence-electron chi connectivity index (χ3n) is 4.50. The number of benzene rings is 1. The zero-order valence-electron chi connectivity index (χ0n) is 15.7. The van der Waals surface area contributed by atoms with Crippen molar-refractivity contribution >= 4 is 0 Å². The summed E-state index contributed by atoms with van der Waals surface area (Å²) >= 11 is 0. The molecule has 0 spiro atoms. The van der Waals surface area contributed by atoms with Crippen LogP contribution in [0.25, 0.3) is 0 Å². The van der Waals surface area contributed by atoms with Crippen LogP contribution in [0, 0.1) is 0 Å². The molecule has 0 saturated carbocycles. The predicted octanol–water partition coefficient (Wildman–Crippen LogP) is 8.10. The highest BCUT2D eigenvalue weighted by Gasteiger charge is 2.84. The van der Waals surface area contributed by atoms with Crippen LogP contribution < -0.4 is 0 Å². The Morgan fingerprint density at radius 2 is 0.735 bits per heavy atom. The van der Waals surface area contributed by atoms with Crippen LogP contribution in [0.1, 0.15) is 23.6 Å². The van der Waals surface area contributed by atoms with Crippen molar-refractivity contribution < 1.29 is 79.0 Å². The van der Waals surface area contributed by atoms with Gasteiger partial charge in [0.25, 0.3) is 0 Å². The summed E-state index contributed by atoms with van der Waals surface area (Å²) in [6.07, 6.45) is -16.3. The largest absolute Gasteiger partial charge is 0.460 e. The molecule has 0 aliphatic heterocycles. The number of rotatable bonds is 7. The molecule has 0 fully saturated rings. The molecular formula is C16H8F18. The Bertz CT molecular complexity index is 820. The molecule has 0 amide bonds. The summed E-state index contributed by atoms with van der Waals surface area (Å²) in [4.78, 5) is 0. The lowest BCUT2D eigenvalue weighted by Crippen LogP contribution is -2.60. The topological polar surface area (TPSA) is 0 Å². The van der Waals surface area contributed by atoms with Gasteiger partial charge in [-0.2, -0.15) is 79.0 Å². The van der Waals surface area contributed by atoms with E-state index in [1.165, 1.54) is 0 Å². The zero-order valence-corrected chi connectivity index (χ0v) is 15.7. The van der Waals surface area contributed by atoms with Gasteiger partial charge >= 0.3 is 47.9 Å². The molecule has 1 aromatic rings. The Morgan fingerprint density at radius 3 is 0.941 bits per heavy atom. The molecule has 0 saturated heterocycles. The van der Waals surface area contributed by atoms with Gasteiger partial charge in [-0.05, 0) is 12.0 Å². The number of hydrogen-bond donors (Lipinski definition) is 0. The van der Waals surface area contributed by atoms with Gasteiger partial charge < -0.3 is 0 Å². The van der Waals surface area contributed by atoms with Crippen LogP contribution in [0.2, 0.25) is 0 Å². The molecule has 0 aromatic heterocycles. The van der Waals surface area contributed by atoms with Crippen LogP contribution in [-0.4, -0.2) is 36.0 Å². The van der Waals surface area contributed by atoms with E-state index in [4.69, 9.17) is 0 Å². The van der Waals surface area contributed by atoms with Gasteiger partial charge in [-0.15, -0.1) is 0 Å². The quantitative estimate of drug-likeness (QED) is 0.306. The highest BCUT2D eigenvalue weighted by atomic mass is 19.4. The molecule has 198 valence electrons. The van der Waals surface area contributed by atoms with E-state index in [1.807, 2.05) is 0 Å². The minimum Gasteiger partial charge on any atom is -0.194 e. The van der Waals surface area contributed by atoms with Crippen LogP contribution in [0.4, 0.5) is 79.0 Å². The minimum atomic E-state index is -7.54. The summed E-state index contributed by atoms with van der Waals surface area (Å²) in [7, 11) is 0. The first kappa shape index (κ1) is 30.0. The van der Waals surface area contributed by atoms with E-state index in [0.29, 0.717) is 6.92 Å². The van der Waals surface area contributed by atoms with Crippen molar-refractivity contribution in [1.29, 1.82) is 0 Å². The second kappa shape index (κ2) is 7.99. The van der Waals surface area contributed by atoms with E-state index in [9.17, 15) is 79.0 Å². The fraction of sp³-hybridized carbons (Fsp3) is 0.625. The lowest BCUT2D eigenvalue weighted by atomic mass is 9.85. The highest BCUT2D eigenvalue weighted by Crippen LogP contribution is 2.60. The van der Waals surface area contributed by atoms with Gasteiger partial charge in [0.05, 0.1) is 0 Å². The van der Waals surface area contributed by atoms with E-state index in [0.717, 1.165) is 0 Å². The van der Waals surface area contributed by atoms with Crippen molar-refractivity contribution in [1.82, 2.24) is 0 Å². The Kier molecular flexibility index (Phi) is 7.05. The molecule has 0 atom stereocenters. The molecule has 34 heavy (non-hydrogen) atoms. The smallest absolute Gasteiger partial charge is 0.194 e. The molecule has 0 heterocycles. The summed E-state index contributed by atoms with van der Waals surface area (Å²) in [5.74, 6) is -43.6. The number of halogens is 18. The summed E-state index contributed by atoms with van der Waals surface area (Å²) in [5.41, 5.74) is -8.03. The maximum absolute atomic E-state index is 14.2. The molecule has 1 aromatic carbocycles. The predicted molar refractivity (Wildman–Crippen MR) is 75.5 cm³/mol. The van der Waals surface area contributed by atoms with Crippen molar-refractivity contribution in [2.45, 2.75) is 61.2 Å². The number of hydrogen-bond acceptors (Lipinski definition) is 0. The Balaban J connectivity index is 3.93. The average Bonchev–Trinajstić information content (AvgIpc) is 2.64. The lowest BCUT2D eigenvalue weighted by Gasteiger charge is -2.37. The maximum atomic E-state index is 14.2. The van der Waals surface area contributed by atoms with Crippen LogP contribution in [-0.2, 0) is 18.3 Å². The van der Waals surface area contributed by atoms with Gasteiger partial charge in [0.1, 0.15) is 0 Å². The zero-order chi connectivity index (χ0) is 27.6. The van der Waals surface area contributed by atoms with Gasteiger partial charge in [0, 0.05) is 11.1 Å². The fourth-order valence-electron chi connectivity index (χ4n) is 2.64. The molecule has 0 bridgehead atoms. The average molecular weight is 542 g/mol. The second-order valence-electron chi connectivity index (χ2n) is 6.63. The minimum absolute atomic E-state index is 0.338. The molecule has 0 N–H and O–H groups in total. The van der Waals surface area contributed by atoms with Crippen molar-refractivity contribution in [3.05, 3.63) is 34.9 Å². The fourth-order valence-corrected chi connectivity index (χ4v) is 2.64. The van der Waals surface area contributed by atoms with Gasteiger partial charge in [-0.1, -0.05) is 25.1 Å². The van der Waals surface area contributed by atoms with Crippen molar-refractivity contribution in [3.63, 3.8) is 0 Å². The molecule has 18 heteroatoms. The second-order valence-corrected chi connectivity index (χ2v) is 6.63. The normalized spacial score (nSPS) is 15.6. The highest BCUT2D eigenvalue weighted by molar-refractivity contribution is 5.43. The molecule has 1 rings (SSSR count). The van der Waals surface area contributed by atoms with Crippen LogP contribution >= 0.6 is 0 Å². The van der Waals surface area contributed by atoms with Gasteiger partial charge in [-0.25, -0.2) is 0 Å². The van der Waals surface area contributed by atoms with E-state index in [2.05, 4.69) is 0 Å². The van der Waals surface area contributed by atoms with Gasteiger partial charge in [0.2, 0.25) is 0 Å². The summed E-state index contributed by atoms with van der Waals surface area (Å²) in [6, 6.07) is -1.31. The third-order valence-corrected chi connectivity index (χ3v) is 4.50. The maximum Gasteiger partial charge on any atom is 0.460 e. The first-order valence-corrected chi connectivity index (χ1v) is 8.21.